The summed E-state index contributed by atoms with van der Waals surface area (Å²) in [6.45, 7) is 3.08. The Morgan fingerprint density at radius 1 is 1.50 bits per heavy atom. The highest BCUT2D eigenvalue weighted by Gasteiger charge is 2.08. The van der Waals surface area contributed by atoms with Crippen molar-refractivity contribution in [2.24, 2.45) is 0 Å². The van der Waals surface area contributed by atoms with E-state index in [2.05, 4.69) is 17.1 Å². The van der Waals surface area contributed by atoms with Gasteiger partial charge in [0.15, 0.2) is 5.82 Å². The summed E-state index contributed by atoms with van der Waals surface area (Å²) >= 11 is 1.54. The SMILES string of the molecule is CCCn1cnnc1-c1ccc(N)s1. The first kappa shape index (κ1) is 9.21. The molecule has 0 aliphatic carbocycles. The molecule has 0 atom stereocenters. The molecule has 0 aliphatic heterocycles. The Morgan fingerprint density at radius 3 is 3.00 bits per heavy atom. The third kappa shape index (κ3) is 1.63. The molecule has 0 saturated carbocycles. The van der Waals surface area contributed by atoms with Gasteiger partial charge < -0.3 is 10.3 Å². The minimum atomic E-state index is 0.811. The van der Waals surface area contributed by atoms with E-state index < -0.39 is 0 Å². The van der Waals surface area contributed by atoms with Gasteiger partial charge in [0, 0.05) is 6.54 Å². The highest BCUT2D eigenvalue weighted by molar-refractivity contribution is 7.19. The molecule has 4 nitrogen and oxygen atoms in total. The average Bonchev–Trinajstić information content (AvgIpc) is 2.74. The Bertz CT molecular complexity index is 418. The number of hydrogen-bond donors (Lipinski definition) is 1. The third-order valence-corrected chi connectivity index (χ3v) is 2.84. The van der Waals surface area contributed by atoms with Gasteiger partial charge in [-0.25, -0.2) is 0 Å². The first-order chi connectivity index (χ1) is 6.81. The number of rotatable bonds is 3. The molecular weight excluding hydrogens is 196 g/mol. The highest BCUT2D eigenvalue weighted by atomic mass is 32.1. The minimum absolute atomic E-state index is 0.811. The van der Waals surface area contributed by atoms with Gasteiger partial charge in [-0.2, -0.15) is 0 Å². The van der Waals surface area contributed by atoms with E-state index in [1.54, 1.807) is 6.33 Å². The van der Waals surface area contributed by atoms with Crippen LogP contribution in [0, 0.1) is 0 Å². The summed E-state index contributed by atoms with van der Waals surface area (Å²) in [7, 11) is 0. The second-order valence-electron chi connectivity index (χ2n) is 3.05. The summed E-state index contributed by atoms with van der Waals surface area (Å²) in [4.78, 5) is 1.08. The molecule has 2 aromatic heterocycles. The van der Waals surface area contributed by atoms with Gasteiger partial charge in [-0.1, -0.05) is 6.92 Å². The Balaban J connectivity index is 2.36. The topological polar surface area (TPSA) is 56.7 Å². The molecule has 14 heavy (non-hydrogen) atoms. The number of aryl methyl sites for hydroxylation is 1. The van der Waals surface area contributed by atoms with Crippen molar-refractivity contribution < 1.29 is 0 Å². The Morgan fingerprint density at radius 2 is 2.36 bits per heavy atom. The zero-order valence-corrected chi connectivity index (χ0v) is 8.79. The lowest BCUT2D eigenvalue weighted by atomic mass is 10.4. The monoisotopic (exact) mass is 208 g/mol. The van der Waals surface area contributed by atoms with Crippen LogP contribution < -0.4 is 5.73 Å². The third-order valence-electron chi connectivity index (χ3n) is 1.93. The molecule has 0 radical (unpaired) electrons. The highest BCUT2D eigenvalue weighted by Crippen LogP contribution is 2.27. The smallest absolute Gasteiger partial charge is 0.173 e. The maximum Gasteiger partial charge on any atom is 0.173 e. The molecule has 2 aromatic rings. The molecule has 0 aromatic carbocycles. The number of nitrogen functional groups attached to an aromatic ring is 1. The minimum Gasteiger partial charge on any atom is -0.391 e. The van der Waals surface area contributed by atoms with Crippen LogP contribution in [0.15, 0.2) is 18.5 Å². The fourth-order valence-electron chi connectivity index (χ4n) is 1.32. The summed E-state index contributed by atoms with van der Waals surface area (Å²) in [5, 5.41) is 8.80. The van der Waals surface area contributed by atoms with Crippen LogP contribution in [-0.4, -0.2) is 14.8 Å². The molecular formula is C9H12N4S. The van der Waals surface area contributed by atoms with Gasteiger partial charge in [0.2, 0.25) is 0 Å². The van der Waals surface area contributed by atoms with Crippen LogP contribution in [0.4, 0.5) is 5.00 Å². The largest absolute Gasteiger partial charge is 0.391 e. The van der Waals surface area contributed by atoms with Crippen molar-refractivity contribution in [2.75, 3.05) is 5.73 Å². The molecule has 2 heterocycles. The van der Waals surface area contributed by atoms with Crippen LogP contribution in [0.1, 0.15) is 13.3 Å². The van der Waals surface area contributed by atoms with Crippen molar-refractivity contribution in [2.45, 2.75) is 19.9 Å². The van der Waals surface area contributed by atoms with Gasteiger partial charge in [-0.3, -0.25) is 0 Å². The summed E-state index contributed by atoms with van der Waals surface area (Å²) in [6.07, 6.45) is 2.83. The van der Waals surface area contributed by atoms with Gasteiger partial charge in [-0.05, 0) is 18.6 Å². The maximum atomic E-state index is 5.67. The Hall–Kier alpha value is -1.36. The quantitative estimate of drug-likeness (QED) is 0.839. The van der Waals surface area contributed by atoms with Crippen molar-refractivity contribution in [3.05, 3.63) is 18.5 Å². The standard InChI is InChI=1S/C9H12N4S/c1-2-5-13-6-11-12-9(13)7-3-4-8(10)14-7/h3-4,6H,2,5,10H2,1H3. The molecule has 0 saturated heterocycles. The van der Waals surface area contributed by atoms with Crippen LogP contribution >= 0.6 is 11.3 Å². The summed E-state index contributed by atoms with van der Waals surface area (Å²) in [5.74, 6) is 0.911. The second kappa shape index (κ2) is 3.79. The number of aromatic nitrogens is 3. The average molecular weight is 208 g/mol. The maximum absolute atomic E-state index is 5.67. The first-order valence-corrected chi connectivity index (χ1v) is 5.36. The molecule has 0 fully saturated rings. The van der Waals surface area contributed by atoms with Crippen LogP contribution in [0.3, 0.4) is 0 Å². The van der Waals surface area contributed by atoms with E-state index in [-0.39, 0.29) is 0 Å². The van der Waals surface area contributed by atoms with Crippen LogP contribution in [0.25, 0.3) is 10.7 Å². The molecule has 0 aliphatic rings. The number of nitrogens with two attached hydrogens (primary N) is 1. The predicted molar refractivity (Wildman–Crippen MR) is 58.0 cm³/mol. The lowest BCUT2D eigenvalue weighted by Gasteiger charge is -2.01. The molecule has 2 N–H and O–H groups in total. The number of thiophene rings is 1. The van der Waals surface area contributed by atoms with E-state index in [0.717, 1.165) is 28.7 Å². The van der Waals surface area contributed by atoms with Crippen LogP contribution in [-0.2, 0) is 6.54 Å². The molecule has 5 heteroatoms. The Labute approximate surface area is 86.4 Å². The second-order valence-corrected chi connectivity index (χ2v) is 4.17. The van der Waals surface area contributed by atoms with E-state index in [1.165, 1.54) is 11.3 Å². The zero-order valence-electron chi connectivity index (χ0n) is 7.97. The predicted octanol–water partition coefficient (Wildman–Crippen LogP) is 2.00. The van der Waals surface area contributed by atoms with Crippen molar-refractivity contribution in [1.29, 1.82) is 0 Å². The number of nitrogens with zero attached hydrogens (tertiary/aromatic N) is 3. The van der Waals surface area contributed by atoms with Gasteiger partial charge in [0.1, 0.15) is 6.33 Å². The van der Waals surface area contributed by atoms with Gasteiger partial charge in [0.05, 0.1) is 9.88 Å². The van der Waals surface area contributed by atoms with Crippen molar-refractivity contribution in [3.8, 4) is 10.7 Å². The van der Waals surface area contributed by atoms with Gasteiger partial charge in [-0.15, -0.1) is 21.5 Å². The summed E-state index contributed by atoms with van der Waals surface area (Å²) in [5.41, 5.74) is 5.67. The van der Waals surface area contributed by atoms with E-state index in [1.807, 2.05) is 16.7 Å². The van der Waals surface area contributed by atoms with E-state index >= 15 is 0 Å². The van der Waals surface area contributed by atoms with Crippen molar-refractivity contribution in [1.82, 2.24) is 14.8 Å². The first-order valence-electron chi connectivity index (χ1n) is 4.54. The van der Waals surface area contributed by atoms with E-state index in [0.29, 0.717) is 0 Å². The fraction of sp³-hybridized carbons (Fsp3) is 0.333. The zero-order chi connectivity index (χ0) is 9.97. The number of anilines is 1. The van der Waals surface area contributed by atoms with Gasteiger partial charge in [0.25, 0.3) is 0 Å². The molecule has 0 spiro atoms. The number of hydrogen-bond acceptors (Lipinski definition) is 4. The van der Waals surface area contributed by atoms with E-state index in [9.17, 15) is 0 Å². The van der Waals surface area contributed by atoms with Gasteiger partial charge >= 0.3 is 0 Å². The normalized spacial score (nSPS) is 10.6. The van der Waals surface area contributed by atoms with Crippen molar-refractivity contribution in [3.63, 3.8) is 0 Å². The molecule has 2 rings (SSSR count). The van der Waals surface area contributed by atoms with E-state index in [4.69, 9.17) is 5.73 Å². The lowest BCUT2D eigenvalue weighted by Crippen LogP contribution is -1.96. The Kier molecular flexibility index (Phi) is 2.49. The van der Waals surface area contributed by atoms with Crippen LogP contribution in [0.5, 0.6) is 0 Å². The fourth-order valence-corrected chi connectivity index (χ4v) is 2.10. The molecule has 0 bridgehead atoms. The molecule has 0 unspecified atom stereocenters. The van der Waals surface area contributed by atoms with Crippen LogP contribution in [0.2, 0.25) is 0 Å². The summed E-state index contributed by atoms with van der Waals surface area (Å²) in [6, 6.07) is 3.88. The van der Waals surface area contributed by atoms with Crippen molar-refractivity contribution >= 4 is 16.3 Å². The molecule has 74 valence electrons. The molecule has 0 amide bonds. The lowest BCUT2D eigenvalue weighted by molar-refractivity contribution is 0.683. The summed E-state index contributed by atoms with van der Waals surface area (Å²) < 4.78 is 2.05.